The van der Waals surface area contributed by atoms with Crippen LogP contribution in [0.1, 0.15) is 157 Å². The first kappa shape index (κ1) is 104. The van der Waals surface area contributed by atoms with Gasteiger partial charge in [0.05, 0.1) is 37.7 Å². The number of amides is 15. The number of hydrogen-bond acceptors (Lipinski definition) is 26. The Kier molecular flexibility index (Phi) is 45.8. The Balaban J connectivity index is 2.29. The van der Waals surface area contributed by atoms with Crippen LogP contribution >= 0.6 is 0 Å². The number of unbranched alkanes of at least 4 members (excludes halogenated alkanes) is 1. The van der Waals surface area contributed by atoms with Gasteiger partial charge in [-0.3, -0.25) is 96.5 Å². The molecular formula is C70H122N26O24. The zero-order valence-electron chi connectivity index (χ0n) is 68.0. The maximum absolute atomic E-state index is 14.3. The van der Waals surface area contributed by atoms with E-state index < -0.39 is 248 Å². The summed E-state index contributed by atoms with van der Waals surface area (Å²) in [6.07, 6.45) is -5.90. The number of aliphatic carboxylic acids is 3. The number of carbonyl (C=O) groups is 18. The van der Waals surface area contributed by atoms with E-state index in [0.717, 1.165) is 37.5 Å². The predicted octanol–water partition coefficient (Wildman–Crippen LogP) is -12.5. The maximum atomic E-state index is 14.3. The molecule has 0 aromatic rings. The largest absolute Gasteiger partial charge is 0.481 e. The number of nitrogens with one attached hydrogen (secondary N) is 12. The Morgan fingerprint density at radius 2 is 0.783 bits per heavy atom. The van der Waals surface area contributed by atoms with E-state index in [0.29, 0.717) is 6.42 Å². The van der Waals surface area contributed by atoms with E-state index in [2.05, 4.69) is 78.8 Å². The van der Waals surface area contributed by atoms with Crippen molar-refractivity contribution in [2.75, 3.05) is 45.9 Å². The van der Waals surface area contributed by atoms with Gasteiger partial charge in [0.25, 0.3) is 0 Å². The first-order valence-corrected chi connectivity index (χ1v) is 39.0. The second kappa shape index (κ2) is 52.8. The molecule has 0 saturated carbocycles. The van der Waals surface area contributed by atoms with Gasteiger partial charge in [-0.25, -0.2) is 4.79 Å². The van der Waals surface area contributed by atoms with Crippen molar-refractivity contribution >= 4 is 124 Å². The summed E-state index contributed by atoms with van der Waals surface area (Å²) in [5.41, 5.74) is 49.6. The number of guanidine groups is 3. The number of aliphatic hydroxyl groups excluding tert-OH is 3. The number of carboxylic acid groups (broad SMARTS) is 3. The Labute approximate surface area is 690 Å². The van der Waals surface area contributed by atoms with Crippen molar-refractivity contribution < 1.29 is 117 Å². The van der Waals surface area contributed by atoms with Gasteiger partial charge in [-0.05, 0) is 136 Å². The molecule has 15 amide bonds. The minimum Gasteiger partial charge on any atom is -0.481 e. The molecule has 36 N–H and O–H groups in total. The molecule has 0 spiro atoms. The molecule has 0 aliphatic carbocycles. The summed E-state index contributed by atoms with van der Waals surface area (Å²) >= 11 is 0. The molecular weight excluding hydrogens is 1590 g/mol. The third-order valence-electron chi connectivity index (χ3n) is 18.8. The Bertz CT molecular complexity index is 3650. The van der Waals surface area contributed by atoms with Gasteiger partial charge in [0, 0.05) is 39.1 Å². The van der Waals surface area contributed by atoms with Crippen LogP contribution < -0.4 is 115 Å². The fraction of sp³-hybridized carbons (Fsp3) is 0.700. The number of rotatable bonds is 55. The lowest BCUT2D eigenvalue weighted by atomic mass is 10.0. The lowest BCUT2D eigenvalue weighted by Gasteiger charge is -2.30. The monoisotopic (exact) mass is 1710 g/mol. The van der Waals surface area contributed by atoms with E-state index in [1.165, 1.54) is 0 Å². The molecule has 676 valence electrons. The third-order valence-corrected chi connectivity index (χ3v) is 18.8. The number of nitrogens with zero attached hydrogens (tertiary/aromatic N) is 5. The highest BCUT2D eigenvalue weighted by Crippen LogP contribution is 2.23. The quantitative estimate of drug-likeness (QED) is 0.0153. The molecule has 2 fully saturated rings. The van der Waals surface area contributed by atoms with E-state index >= 15 is 0 Å². The smallest absolute Gasteiger partial charge is 0.326 e. The summed E-state index contributed by atoms with van der Waals surface area (Å²) in [5, 5.41) is 89.2. The van der Waals surface area contributed by atoms with Crippen molar-refractivity contribution in [3.63, 3.8) is 0 Å². The van der Waals surface area contributed by atoms with Crippen molar-refractivity contribution in [2.24, 2.45) is 72.5 Å². The van der Waals surface area contributed by atoms with Crippen molar-refractivity contribution in [3.05, 3.63) is 0 Å². The van der Waals surface area contributed by atoms with Crippen LogP contribution in [0.3, 0.4) is 0 Å². The number of nitrogens with two attached hydrogens (primary N) is 9. The van der Waals surface area contributed by atoms with E-state index in [1.54, 1.807) is 13.8 Å². The lowest BCUT2D eigenvalue weighted by molar-refractivity contribution is -0.147. The molecule has 17 atom stereocenters. The molecule has 0 aromatic carbocycles. The lowest BCUT2D eigenvalue weighted by Crippen LogP contribution is -2.62. The van der Waals surface area contributed by atoms with Gasteiger partial charge in [-0.1, -0.05) is 13.8 Å². The van der Waals surface area contributed by atoms with Gasteiger partial charge in [-0.2, -0.15) is 0 Å². The number of likely N-dealkylation sites (tertiary alicyclic amines) is 2. The van der Waals surface area contributed by atoms with E-state index in [-0.39, 0.29) is 141 Å². The summed E-state index contributed by atoms with van der Waals surface area (Å²) in [7, 11) is 0. The Morgan fingerprint density at radius 1 is 0.400 bits per heavy atom. The second-order valence-electron chi connectivity index (χ2n) is 29.4. The molecule has 0 radical (unpaired) electrons. The van der Waals surface area contributed by atoms with E-state index in [4.69, 9.17) is 51.6 Å². The van der Waals surface area contributed by atoms with Gasteiger partial charge < -0.3 is 156 Å². The highest BCUT2D eigenvalue weighted by Gasteiger charge is 2.44. The van der Waals surface area contributed by atoms with Crippen LogP contribution in [0.5, 0.6) is 0 Å². The fourth-order valence-corrected chi connectivity index (χ4v) is 12.4. The van der Waals surface area contributed by atoms with Gasteiger partial charge in [0.15, 0.2) is 17.9 Å². The molecule has 0 unspecified atom stereocenters. The summed E-state index contributed by atoms with van der Waals surface area (Å²) < 4.78 is 0. The molecule has 2 aliphatic heterocycles. The number of carbonyl (C=O) groups excluding carboxylic acids is 15. The average Bonchev–Trinajstić information content (AvgIpc) is 1.72. The molecule has 120 heavy (non-hydrogen) atoms. The minimum atomic E-state index is -2.01. The number of aliphatic imine (C=N–C) groups is 3. The zero-order chi connectivity index (χ0) is 91.0. The number of carboxylic acids is 3. The minimum absolute atomic E-state index is 0.0110. The van der Waals surface area contributed by atoms with Crippen molar-refractivity contribution in [1.29, 1.82) is 0 Å². The van der Waals surface area contributed by atoms with Crippen LogP contribution in [-0.4, -0.2) is 314 Å². The highest BCUT2D eigenvalue weighted by atomic mass is 16.4. The van der Waals surface area contributed by atoms with Crippen LogP contribution in [0.25, 0.3) is 0 Å². The van der Waals surface area contributed by atoms with Crippen LogP contribution in [-0.2, 0) is 86.3 Å². The number of aliphatic hydroxyl groups is 3. The molecule has 0 bridgehead atoms. The number of hydrogen-bond donors (Lipinski definition) is 27. The van der Waals surface area contributed by atoms with Crippen LogP contribution in [0.4, 0.5) is 0 Å². The summed E-state index contributed by atoms with van der Waals surface area (Å²) in [5.74, 6) is -22.0. The topological polar surface area (TPSA) is 851 Å². The van der Waals surface area contributed by atoms with Crippen molar-refractivity contribution in [3.8, 4) is 0 Å². The van der Waals surface area contributed by atoms with Crippen LogP contribution in [0, 0.1) is 5.92 Å². The molecule has 2 rings (SSSR count). The molecule has 0 aromatic heterocycles. The highest BCUT2D eigenvalue weighted by molar-refractivity contribution is 6.02. The summed E-state index contributed by atoms with van der Waals surface area (Å²) in [6, 6.07) is -24.5. The molecule has 50 nitrogen and oxygen atoms in total. The molecule has 2 saturated heterocycles. The fourth-order valence-electron chi connectivity index (χ4n) is 12.4. The average molecular weight is 1710 g/mol. The van der Waals surface area contributed by atoms with Gasteiger partial charge in [-0.15, -0.1) is 0 Å². The van der Waals surface area contributed by atoms with Gasteiger partial charge in [0.2, 0.25) is 88.6 Å². The van der Waals surface area contributed by atoms with Gasteiger partial charge >= 0.3 is 17.9 Å². The number of primary amides is 1. The Morgan fingerprint density at radius 3 is 1.22 bits per heavy atom. The predicted molar refractivity (Wildman–Crippen MR) is 425 cm³/mol. The second-order valence-corrected chi connectivity index (χ2v) is 29.4. The van der Waals surface area contributed by atoms with E-state index in [1.807, 2.05) is 0 Å². The van der Waals surface area contributed by atoms with Gasteiger partial charge in [0.1, 0.15) is 84.6 Å². The maximum Gasteiger partial charge on any atom is 0.326 e. The van der Waals surface area contributed by atoms with Crippen LogP contribution in [0.15, 0.2) is 15.0 Å². The Hall–Kier alpha value is -11.9. The first-order valence-electron chi connectivity index (χ1n) is 39.0. The standard InChI is InChI=1S/C70H122N26O24/c1-32(2)28-42(59(111)91-44(30-50(103)104)66(118)96-27-13-19-47(96)62(114)88-41(67(119)120)17-11-25-82-70(78)79)89-63(115)51(35(5)98)93-54(106)34(4)84-58(110)43(29-48(73)100)90-64(116)52(36(6)99)94-53(105)33(3)83-56(108)38(15-7-8-22-71)85-60(112)45(31-97)92-57(109)39(20-21-49(101)102)86-61(113)46-18-12-26-95(46)65(117)40(16-10-24-81-69(76)77)87-55(107)37(72)14-9-23-80-68(74)75/h32-47,51-52,97-99H,7-31,71-72H2,1-6H3,(H2,73,100)(H,83,108)(H,84,110)(H,85,112)(H,86,113)(H,87,107)(H,88,114)(H,89,115)(H,90,116)(H,91,111)(H,92,109)(H,93,106)(H,94,105)(H,101,102)(H,103,104)(H,119,120)(H4,74,75,80)(H4,76,77,81)(H4,78,79,82)/t33-,34-,35+,36+,37-,38-,39-,40-,41-,42-,43-,44-,45-,46-,47-,51-,52-/m0/s1. The summed E-state index contributed by atoms with van der Waals surface area (Å²) in [4.78, 5) is 257. The zero-order valence-corrected chi connectivity index (χ0v) is 68.0. The third kappa shape index (κ3) is 37.3. The SMILES string of the molecule is CC(C)C[C@H](NC(=O)[C@@H](NC(=O)[C@H](C)NC(=O)[C@H](CC(N)=O)NC(=O)[C@@H](NC(=O)[C@H](C)NC(=O)[C@H](CCCCN)NC(=O)[C@H](CO)NC(=O)[C@H](CCC(=O)O)NC(=O)[C@@H]1CCCN1C(=O)[C@H](CCCN=C(N)N)NC(=O)[C@@H](N)CCCN=C(N)N)[C@@H](C)O)[C@@H](C)O)C(=O)N[C@@H](CC(=O)O)C(=O)N1CCC[C@H]1C(=O)N[C@@H](CCCN=C(N)N)C(=O)O. The van der Waals surface area contributed by atoms with Crippen molar-refractivity contribution in [2.45, 2.75) is 260 Å². The van der Waals surface area contributed by atoms with Crippen LogP contribution in [0.2, 0.25) is 0 Å². The van der Waals surface area contributed by atoms with Crippen molar-refractivity contribution in [1.82, 2.24) is 73.6 Å². The summed E-state index contributed by atoms with van der Waals surface area (Å²) in [6.45, 7) is 6.52. The molecule has 50 heteroatoms. The normalized spacial score (nSPS) is 17.4. The molecule has 2 aliphatic rings. The van der Waals surface area contributed by atoms with E-state index in [9.17, 15) is 117 Å². The molecule has 2 heterocycles. The first-order chi connectivity index (χ1) is 56.2.